The van der Waals surface area contributed by atoms with Crippen LogP contribution in [0.2, 0.25) is 0 Å². The maximum absolute atomic E-state index is 11.7. The minimum atomic E-state index is -0.231. The molecule has 0 fully saturated rings. The Labute approximate surface area is 132 Å². The number of hydrogen-bond donors (Lipinski definition) is 2. The van der Waals surface area contributed by atoms with Crippen LogP contribution in [-0.4, -0.2) is 17.5 Å². The highest BCUT2D eigenvalue weighted by Crippen LogP contribution is 2.06. The minimum Gasteiger partial charge on any atom is -0.326 e. The van der Waals surface area contributed by atoms with Crippen LogP contribution < -0.4 is 10.7 Å². The lowest BCUT2D eigenvalue weighted by molar-refractivity contribution is -0.124. The smallest absolute Gasteiger partial charge is 0.240 e. The van der Waals surface area contributed by atoms with Gasteiger partial charge in [-0.1, -0.05) is 38.5 Å². The second-order valence-corrected chi connectivity index (χ2v) is 5.08. The molecule has 0 saturated carbocycles. The number of hydrogen-bond acceptors (Lipinski definition) is 3. The molecular weight excluding hydrogens is 278 g/mol. The molecule has 0 aliphatic rings. The first kappa shape index (κ1) is 17.9. The third-order valence-electron chi connectivity index (χ3n) is 3.20. The van der Waals surface area contributed by atoms with E-state index >= 15 is 0 Å². The summed E-state index contributed by atoms with van der Waals surface area (Å²) in [6, 6.07) is 9.19. The van der Waals surface area contributed by atoms with Crippen LogP contribution in [0.4, 0.5) is 5.69 Å². The standard InChI is InChI=1S/C17H25N3O2/c1-3-5-9-14(4-2)19-20-17(22)13-12-16(21)18-15-10-7-6-8-11-15/h6-8,10-11H,3-5,9,12-13H2,1-2H3,(H,18,21)(H,20,22)/b19-14+. The van der Waals surface area contributed by atoms with E-state index in [4.69, 9.17) is 0 Å². The van der Waals surface area contributed by atoms with Gasteiger partial charge in [-0.2, -0.15) is 5.10 Å². The molecule has 2 amide bonds. The highest BCUT2D eigenvalue weighted by Gasteiger charge is 2.07. The molecule has 1 aromatic carbocycles. The van der Waals surface area contributed by atoms with Crippen molar-refractivity contribution in [3.05, 3.63) is 30.3 Å². The lowest BCUT2D eigenvalue weighted by atomic mass is 10.1. The SMILES string of the molecule is CCCC/C(CC)=N/NC(=O)CCC(=O)Nc1ccccc1. The van der Waals surface area contributed by atoms with Crippen LogP contribution in [0.3, 0.4) is 0 Å². The first-order chi connectivity index (χ1) is 10.7. The van der Waals surface area contributed by atoms with E-state index in [1.165, 1.54) is 0 Å². The number of carbonyl (C=O) groups excluding carboxylic acids is 2. The summed E-state index contributed by atoms with van der Waals surface area (Å²) in [6.07, 6.45) is 4.19. The van der Waals surface area contributed by atoms with Crippen molar-refractivity contribution in [3.8, 4) is 0 Å². The molecule has 120 valence electrons. The van der Waals surface area contributed by atoms with E-state index in [0.717, 1.165) is 37.1 Å². The van der Waals surface area contributed by atoms with Gasteiger partial charge in [0.05, 0.1) is 0 Å². The Kier molecular flexibility index (Phi) is 8.57. The van der Waals surface area contributed by atoms with E-state index in [1.807, 2.05) is 37.3 Å². The van der Waals surface area contributed by atoms with E-state index in [9.17, 15) is 9.59 Å². The Morgan fingerprint density at radius 2 is 1.68 bits per heavy atom. The number of nitrogens with zero attached hydrogens (tertiary/aromatic N) is 1. The predicted octanol–water partition coefficient (Wildman–Crippen LogP) is 3.48. The average Bonchev–Trinajstić information content (AvgIpc) is 2.54. The van der Waals surface area contributed by atoms with Gasteiger partial charge in [-0.25, -0.2) is 5.43 Å². The molecule has 5 heteroatoms. The van der Waals surface area contributed by atoms with Gasteiger partial charge in [0.15, 0.2) is 0 Å². The first-order valence-electron chi connectivity index (χ1n) is 7.84. The Morgan fingerprint density at radius 1 is 1.00 bits per heavy atom. The van der Waals surface area contributed by atoms with Crippen molar-refractivity contribution in [3.63, 3.8) is 0 Å². The number of nitrogens with one attached hydrogen (secondary N) is 2. The van der Waals surface area contributed by atoms with E-state index in [2.05, 4.69) is 22.8 Å². The maximum Gasteiger partial charge on any atom is 0.240 e. The lowest BCUT2D eigenvalue weighted by Gasteiger charge is -2.05. The molecule has 0 atom stereocenters. The molecule has 1 rings (SSSR count). The summed E-state index contributed by atoms with van der Waals surface area (Å²) in [5.41, 5.74) is 4.26. The van der Waals surface area contributed by atoms with Gasteiger partial charge in [0.1, 0.15) is 0 Å². The van der Waals surface area contributed by atoms with Gasteiger partial charge >= 0.3 is 0 Å². The molecule has 5 nitrogen and oxygen atoms in total. The van der Waals surface area contributed by atoms with Crippen molar-refractivity contribution in [1.29, 1.82) is 0 Å². The summed E-state index contributed by atoms with van der Waals surface area (Å²) in [7, 11) is 0. The molecule has 0 aromatic heterocycles. The van der Waals surface area contributed by atoms with Crippen molar-refractivity contribution in [2.24, 2.45) is 5.10 Å². The molecule has 22 heavy (non-hydrogen) atoms. The van der Waals surface area contributed by atoms with Gasteiger partial charge in [0.2, 0.25) is 11.8 Å². The topological polar surface area (TPSA) is 70.6 Å². The molecule has 0 bridgehead atoms. The number of unbranched alkanes of at least 4 members (excludes halogenated alkanes) is 1. The number of amides is 2. The van der Waals surface area contributed by atoms with Gasteiger partial charge in [0, 0.05) is 24.2 Å². The summed E-state index contributed by atoms with van der Waals surface area (Å²) in [6.45, 7) is 4.14. The number of rotatable bonds is 9. The van der Waals surface area contributed by atoms with Crippen LogP contribution in [0.5, 0.6) is 0 Å². The zero-order chi connectivity index (χ0) is 16.2. The highest BCUT2D eigenvalue weighted by molar-refractivity contribution is 5.93. The molecule has 0 radical (unpaired) electrons. The molecule has 0 saturated heterocycles. The van der Waals surface area contributed by atoms with Gasteiger partial charge in [0.25, 0.3) is 0 Å². The van der Waals surface area contributed by atoms with Crippen molar-refractivity contribution < 1.29 is 9.59 Å². The number of carbonyl (C=O) groups is 2. The van der Waals surface area contributed by atoms with E-state index in [0.29, 0.717) is 0 Å². The summed E-state index contributed by atoms with van der Waals surface area (Å²) in [5, 5.41) is 6.87. The normalized spacial score (nSPS) is 11.1. The highest BCUT2D eigenvalue weighted by atomic mass is 16.2. The second-order valence-electron chi connectivity index (χ2n) is 5.08. The number of benzene rings is 1. The number of para-hydroxylation sites is 1. The van der Waals surface area contributed by atoms with Gasteiger partial charge in [-0.05, 0) is 31.4 Å². The Bertz CT molecular complexity index is 498. The Morgan fingerprint density at radius 3 is 2.32 bits per heavy atom. The second kappa shape index (κ2) is 10.5. The third-order valence-corrected chi connectivity index (χ3v) is 3.20. The summed E-state index contributed by atoms with van der Waals surface area (Å²) in [4.78, 5) is 23.4. The summed E-state index contributed by atoms with van der Waals surface area (Å²) in [5.74, 6) is -0.405. The van der Waals surface area contributed by atoms with Crippen molar-refractivity contribution >= 4 is 23.2 Å². The molecule has 1 aromatic rings. The lowest BCUT2D eigenvalue weighted by Crippen LogP contribution is -2.22. The average molecular weight is 303 g/mol. The fourth-order valence-electron chi connectivity index (χ4n) is 1.86. The van der Waals surface area contributed by atoms with Crippen LogP contribution in [-0.2, 0) is 9.59 Å². The molecule has 0 aliphatic heterocycles. The fraction of sp³-hybridized carbons (Fsp3) is 0.471. The van der Waals surface area contributed by atoms with E-state index in [-0.39, 0.29) is 24.7 Å². The Hall–Kier alpha value is -2.17. The molecule has 2 N–H and O–H groups in total. The predicted molar refractivity (Wildman–Crippen MR) is 89.7 cm³/mol. The zero-order valence-electron chi connectivity index (χ0n) is 13.4. The van der Waals surface area contributed by atoms with Gasteiger partial charge < -0.3 is 5.32 Å². The van der Waals surface area contributed by atoms with Gasteiger partial charge in [-0.3, -0.25) is 9.59 Å². The summed E-state index contributed by atoms with van der Waals surface area (Å²) < 4.78 is 0. The van der Waals surface area contributed by atoms with Crippen LogP contribution >= 0.6 is 0 Å². The van der Waals surface area contributed by atoms with Crippen LogP contribution in [0.15, 0.2) is 35.4 Å². The Balaban J connectivity index is 2.30. The molecule has 0 aliphatic carbocycles. The van der Waals surface area contributed by atoms with Crippen LogP contribution in [0.25, 0.3) is 0 Å². The third kappa shape index (κ3) is 7.57. The monoisotopic (exact) mass is 303 g/mol. The van der Waals surface area contributed by atoms with E-state index < -0.39 is 0 Å². The first-order valence-corrected chi connectivity index (χ1v) is 7.84. The van der Waals surface area contributed by atoms with Crippen LogP contribution in [0.1, 0.15) is 52.4 Å². The van der Waals surface area contributed by atoms with Crippen molar-refractivity contribution in [2.75, 3.05) is 5.32 Å². The number of hydrazone groups is 1. The van der Waals surface area contributed by atoms with Crippen LogP contribution in [0, 0.1) is 0 Å². The zero-order valence-corrected chi connectivity index (χ0v) is 13.4. The number of anilines is 1. The van der Waals surface area contributed by atoms with Gasteiger partial charge in [-0.15, -0.1) is 0 Å². The minimum absolute atomic E-state index is 0.132. The van der Waals surface area contributed by atoms with Crippen molar-refractivity contribution in [1.82, 2.24) is 5.43 Å². The molecular formula is C17H25N3O2. The van der Waals surface area contributed by atoms with E-state index in [1.54, 1.807) is 0 Å². The quantitative estimate of drug-likeness (QED) is 0.541. The van der Waals surface area contributed by atoms with Crippen molar-refractivity contribution in [2.45, 2.75) is 52.4 Å². The maximum atomic E-state index is 11.7. The molecule has 0 heterocycles. The largest absolute Gasteiger partial charge is 0.326 e. The summed E-state index contributed by atoms with van der Waals surface area (Å²) >= 11 is 0. The molecule has 0 unspecified atom stereocenters. The molecule has 0 spiro atoms. The fourth-order valence-corrected chi connectivity index (χ4v) is 1.86.